The molecule has 2 aromatic heterocycles. The van der Waals surface area contributed by atoms with Crippen molar-refractivity contribution in [2.75, 3.05) is 26.2 Å². The Kier molecular flexibility index (Phi) is 2.70. The maximum Gasteiger partial charge on any atom is 0.275 e. The van der Waals surface area contributed by atoms with Crippen LogP contribution in [-0.4, -0.2) is 63.1 Å². The molecule has 20 heavy (non-hydrogen) atoms. The average molecular weight is 271 g/mol. The van der Waals surface area contributed by atoms with Crippen molar-refractivity contribution in [1.82, 2.24) is 25.0 Å². The summed E-state index contributed by atoms with van der Waals surface area (Å²) in [6.07, 6.45) is 5.57. The van der Waals surface area contributed by atoms with Gasteiger partial charge >= 0.3 is 0 Å². The Hall–Kier alpha value is -1.95. The Morgan fingerprint density at radius 1 is 1.25 bits per heavy atom. The van der Waals surface area contributed by atoms with E-state index in [4.69, 9.17) is 0 Å². The third-order valence-electron chi connectivity index (χ3n) is 4.48. The van der Waals surface area contributed by atoms with Crippen molar-refractivity contribution >= 4 is 16.8 Å². The third kappa shape index (κ3) is 1.79. The van der Waals surface area contributed by atoms with Gasteiger partial charge in [-0.1, -0.05) is 0 Å². The molecule has 3 fully saturated rings. The number of carbonyl (C=O) groups is 1. The molecule has 3 saturated heterocycles. The molecule has 0 saturated carbocycles. The summed E-state index contributed by atoms with van der Waals surface area (Å²) in [4.78, 5) is 21.4. The Bertz CT molecular complexity index is 644. The van der Waals surface area contributed by atoms with Gasteiger partial charge in [-0.25, -0.2) is 0 Å². The minimum atomic E-state index is 0.0398. The minimum Gasteiger partial charge on any atom is -0.333 e. The van der Waals surface area contributed by atoms with E-state index in [0.29, 0.717) is 11.7 Å². The number of aromatic nitrogens is 3. The number of piperidine rings is 1. The van der Waals surface area contributed by atoms with Crippen LogP contribution >= 0.6 is 0 Å². The lowest BCUT2D eigenvalue weighted by Crippen LogP contribution is -2.41. The standard InChI is InChI=1S/C14H17N5O/c20-14(13-11-9-15-4-1-12(11)16-17-13)19-8-7-18-5-2-10(19)3-6-18/h1,4,9-10H,2-3,5-8H2,(H,16,17). The Labute approximate surface area is 116 Å². The van der Waals surface area contributed by atoms with E-state index in [2.05, 4.69) is 20.1 Å². The summed E-state index contributed by atoms with van der Waals surface area (Å²) in [5, 5.41) is 7.95. The number of H-pyrrole nitrogens is 1. The van der Waals surface area contributed by atoms with Crippen LogP contribution in [-0.2, 0) is 0 Å². The lowest BCUT2D eigenvalue weighted by Gasteiger charge is -2.31. The fraction of sp³-hybridized carbons (Fsp3) is 0.500. The van der Waals surface area contributed by atoms with Crippen LogP contribution in [0.15, 0.2) is 18.5 Å². The summed E-state index contributed by atoms with van der Waals surface area (Å²) in [6.45, 7) is 4.00. The quantitative estimate of drug-likeness (QED) is 0.836. The number of amides is 1. The fourth-order valence-corrected chi connectivity index (χ4v) is 3.31. The lowest BCUT2D eigenvalue weighted by atomic mass is 10.0. The number of hydrogen-bond donors (Lipinski definition) is 1. The van der Waals surface area contributed by atoms with E-state index < -0.39 is 0 Å². The van der Waals surface area contributed by atoms with Crippen molar-refractivity contribution in [3.63, 3.8) is 0 Å². The van der Waals surface area contributed by atoms with Crippen LogP contribution in [0.4, 0.5) is 0 Å². The number of pyridine rings is 1. The summed E-state index contributed by atoms with van der Waals surface area (Å²) in [7, 11) is 0. The molecular formula is C14H17N5O. The second-order valence-corrected chi connectivity index (χ2v) is 5.56. The number of nitrogens with one attached hydrogen (secondary N) is 1. The molecule has 2 bridgehead atoms. The first-order valence-electron chi connectivity index (χ1n) is 7.14. The van der Waals surface area contributed by atoms with Gasteiger partial charge in [0.15, 0.2) is 5.69 Å². The Morgan fingerprint density at radius 2 is 2.10 bits per heavy atom. The molecule has 2 aromatic rings. The fourth-order valence-electron chi connectivity index (χ4n) is 3.31. The molecule has 0 atom stereocenters. The average Bonchev–Trinajstić information content (AvgIpc) is 2.69. The molecule has 6 nitrogen and oxygen atoms in total. The lowest BCUT2D eigenvalue weighted by molar-refractivity contribution is 0.0681. The predicted octanol–water partition coefficient (Wildman–Crippen LogP) is 0.878. The van der Waals surface area contributed by atoms with Crippen LogP contribution in [0, 0.1) is 0 Å². The second kappa shape index (κ2) is 4.56. The van der Waals surface area contributed by atoms with Gasteiger partial charge in [-0.05, 0) is 18.9 Å². The topological polar surface area (TPSA) is 65.1 Å². The van der Waals surface area contributed by atoms with Crippen LogP contribution in [0.5, 0.6) is 0 Å². The SMILES string of the molecule is O=C(c1n[nH]c2ccncc12)N1CCN2CCC1CC2. The number of hydrogen-bond acceptors (Lipinski definition) is 4. The molecule has 104 valence electrons. The highest BCUT2D eigenvalue weighted by Crippen LogP contribution is 2.24. The largest absolute Gasteiger partial charge is 0.333 e. The van der Waals surface area contributed by atoms with Crippen molar-refractivity contribution in [2.24, 2.45) is 0 Å². The number of carbonyl (C=O) groups excluding carboxylic acids is 1. The zero-order valence-electron chi connectivity index (χ0n) is 11.2. The molecule has 3 aliphatic rings. The van der Waals surface area contributed by atoms with Gasteiger partial charge in [-0.3, -0.25) is 14.9 Å². The van der Waals surface area contributed by atoms with Gasteiger partial charge in [-0.2, -0.15) is 5.10 Å². The molecule has 0 radical (unpaired) electrons. The van der Waals surface area contributed by atoms with Crippen LogP contribution in [0.3, 0.4) is 0 Å². The summed E-state index contributed by atoms with van der Waals surface area (Å²) in [5.74, 6) is 0.0398. The van der Waals surface area contributed by atoms with E-state index in [-0.39, 0.29) is 5.91 Å². The molecule has 5 heterocycles. The van der Waals surface area contributed by atoms with Gasteiger partial charge in [0.2, 0.25) is 0 Å². The van der Waals surface area contributed by atoms with Gasteiger partial charge in [0, 0.05) is 44.6 Å². The smallest absolute Gasteiger partial charge is 0.275 e. The summed E-state index contributed by atoms with van der Waals surface area (Å²) in [6, 6.07) is 2.21. The monoisotopic (exact) mass is 271 g/mol. The zero-order chi connectivity index (χ0) is 13.5. The van der Waals surface area contributed by atoms with E-state index in [9.17, 15) is 4.79 Å². The van der Waals surface area contributed by atoms with Gasteiger partial charge in [0.05, 0.1) is 10.9 Å². The molecule has 6 heteroatoms. The van der Waals surface area contributed by atoms with Crippen LogP contribution in [0.25, 0.3) is 10.9 Å². The first kappa shape index (κ1) is 11.8. The van der Waals surface area contributed by atoms with Gasteiger partial charge in [0.1, 0.15) is 0 Å². The normalized spacial score (nSPS) is 25.9. The van der Waals surface area contributed by atoms with Crippen molar-refractivity contribution in [3.05, 3.63) is 24.2 Å². The van der Waals surface area contributed by atoms with Crippen LogP contribution < -0.4 is 0 Å². The third-order valence-corrected chi connectivity index (χ3v) is 4.48. The van der Waals surface area contributed by atoms with Crippen molar-refractivity contribution in [2.45, 2.75) is 18.9 Å². The molecule has 1 amide bonds. The van der Waals surface area contributed by atoms with E-state index in [1.165, 1.54) is 0 Å². The van der Waals surface area contributed by atoms with E-state index in [1.807, 2.05) is 11.0 Å². The summed E-state index contributed by atoms with van der Waals surface area (Å²) in [5.41, 5.74) is 1.37. The van der Waals surface area contributed by atoms with E-state index in [0.717, 1.165) is 49.9 Å². The number of aromatic amines is 1. The Morgan fingerprint density at radius 3 is 2.95 bits per heavy atom. The van der Waals surface area contributed by atoms with Crippen molar-refractivity contribution < 1.29 is 4.79 Å². The number of rotatable bonds is 1. The Balaban J connectivity index is 1.69. The molecular weight excluding hydrogens is 254 g/mol. The summed E-state index contributed by atoms with van der Waals surface area (Å²) >= 11 is 0. The van der Waals surface area contributed by atoms with Crippen LogP contribution in [0.1, 0.15) is 23.3 Å². The van der Waals surface area contributed by atoms with E-state index in [1.54, 1.807) is 12.4 Å². The maximum absolute atomic E-state index is 12.8. The highest BCUT2D eigenvalue weighted by molar-refractivity contribution is 6.04. The first-order chi connectivity index (χ1) is 9.83. The van der Waals surface area contributed by atoms with E-state index >= 15 is 0 Å². The van der Waals surface area contributed by atoms with Gasteiger partial charge < -0.3 is 9.80 Å². The molecule has 0 aliphatic carbocycles. The minimum absolute atomic E-state index is 0.0398. The molecule has 3 aliphatic heterocycles. The molecule has 1 N–H and O–H groups in total. The van der Waals surface area contributed by atoms with Gasteiger partial charge in [0.25, 0.3) is 5.91 Å². The second-order valence-electron chi connectivity index (χ2n) is 5.56. The highest BCUT2D eigenvalue weighted by Gasteiger charge is 2.33. The zero-order valence-corrected chi connectivity index (χ0v) is 11.2. The van der Waals surface area contributed by atoms with Gasteiger partial charge in [-0.15, -0.1) is 0 Å². The highest BCUT2D eigenvalue weighted by atomic mass is 16.2. The van der Waals surface area contributed by atoms with Crippen molar-refractivity contribution in [3.8, 4) is 0 Å². The first-order valence-corrected chi connectivity index (χ1v) is 7.14. The summed E-state index contributed by atoms with van der Waals surface area (Å²) < 4.78 is 0. The van der Waals surface area contributed by atoms with Crippen molar-refractivity contribution in [1.29, 1.82) is 0 Å². The molecule has 5 rings (SSSR count). The number of fused-ring (bicyclic) bond motifs is 5. The van der Waals surface area contributed by atoms with Crippen LogP contribution in [0.2, 0.25) is 0 Å². The molecule has 0 aromatic carbocycles. The number of nitrogens with zero attached hydrogens (tertiary/aromatic N) is 4. The molecule has 0 spiro atoms. The molecule has 0 unspecified atom stereocenters. The predicted molar refractivity (Wildman–Crippen MR) is 74.4 cm³/mol. The maximum atomic E-state index is 12.8.